The number of fused-ring (bicyclic) bond motifs is 7. The van der Waals surface area contributed by atoms with Crippen molar-refractivity contribution in [3.63, 3.8) is 0 Å². The number of benzene rings is 2. The Morgan fingerprint density at radius 1 is 1.09 bits per heavy atom. The monoisotopic (exact) mass is 654 g/mol. The maximum atomic E-state index is 17.6. The van der Waals surface area contributed by atoms with Crippen molar-refractivity contribution in [2.24, 2.45) is 22.7 Å². The van der Waals surface area contributed by atoms with Gasteiger partial charge in [-0.1, -0.05) is 43.0 Å². The van der Waals surface area contributed by atoms with Crippen LogP contribution in [0, 0.1) is 22.7 Å². The number of carbonyl (C=O) groups excluding carboxylic acids is 2. The van der Waals surface area contributed by atoms with E-state index < -0.39 is 70.7 Å². The number of thioether (sulfide) groups is 1. The van der Waals surface area contributed by atoms with Gasteiger partial charge in [-0.05, 0) is 73.9 Å². The molecule has 5 aliphatic rings. The van der Waals surface area contributed by atoms with E-state index in [-0.39, 0.29) is 37.0 Å². The summed E-state index contributed by atoms with van der Waals surface area (Å²) >= 11 is 3.30. The number of rotatable bonds is 6. The first kappa shape index (κ1) is 31.3. The predicted octanol–water partition coefficient (Wildman–Crippen LogP) is 6.55. The summed E-state index contributed by atoms with van der Waals surface area (Å²) in [5.74, 6) is -3.04. The fourth-order valence-electron chi connectivity index (χ4n) is 9.18. The number of aliphatic hydroxyl groups is 2. The number of ketones is 2. The second-order valence-electron chi connectivity index (χ2n) is 13.4. The Kier molecular flexibility index (Phi) is 7.54. The first-order chi connectivity index (χ1) is 21.4. The van der Waals surface area contributed by atoms with Gasteiger partial charge in [-0.15, -0.1) is 11.8 Å². The highest BCUT2D eigenvalue weighted by Gasteiger charge is 2.79. The third-order valence-electron chi connectivity index (χ3n) is 11.4. The Morgan fingerprint density at radius 2 is 1.82 bits per heavy atom. The highest BCUT2D eigenvalue weighted by Crippen LogP contribution is 2.72. The lowest BCUT2D eigenvalue weighted by Gasteiger charge is -2.62. The second kappa shape index (κ2) is 10.9. The molecule has 2 N–H and O–H groups in total. The Hall–Kier alpha value is -2.34. The van der Waals surface area contributed by atoms with Gasteiger partial charge >= 0.3 is 0 Å². The van der Waals surface area contributed by atoms with Gasteiger partial charge in [0.15, 0.2) is 29.1 Å². The van der Waals surface area contributed by atoms with Gasteiger partial charge in [-0.3, -0.25) is 9.59 Å². The maximum absolute atomic E-state index is 17.6. The number of hydrogen-bond donors (Lipinski definition) is 2. The third kappa shape index (κ3) is 4.29. The Balaban J connectivity index is 1.20. The molecule has 238 valence electrons. The average molecular weight is 655 g/mol. The van der Waals surface area contributed by atoms with Crippen molar-refractivity contribution in [1.82, 2.24) is 0 Å². The molecule has 10 heteroatoms. The molecule has 0 spiro atoms. The van der Waals surface area contributed by atoms with Gasteiger partial charge in [0.1, 0.15) is 12.4 Å². The topological polar surface area (TPSA) is 93.1 Å². The molecule has 1 heterocycles. The minimum atomic E-state index is -2.27. The molecule has 45 heavy (non-hydrogen) atoms. The van der Waals surface area contributed by atoms with Gasteiger partial charge in [-0.2, -0.15) is 0 Å². The molecule has 4 aliphatic carbocycles. The molecular formula is C35H36F2O6S2. The van der Waals surface area contributed by atoms with Crippen molar-refractivity contribution in [3.8, 4) is 0 Å². The lowest BCUT2D eigenvalue weighted by Crippen LogP contribution is -2.69. The van der Waals surface area contributed by atoms with Gasteiger partial charge < -0.3 is 19.7 Å². The molecule has 0 bridgehead atoms. The summed E-state index contributed by atoms with van der Waals surface area (Å²) in [6.45, 7) is 2.52. The van der Waals surface area contributed by atoms with E-state index in [4.69, 9.17) is 9.47 Å². The van der Waals surface area contributed by atoms with Crippen LogP contribution in [0.15, 0.2) is 86.8 Å². The molecular weight excluding hydrogens is 619 g/mol. The summed E-state index contributed by atoms with van der Waals surface area (Å²) < 4.78 is 46.3. The fraction of sp³-hybridized carbons (Fsp3) is 0.486. The van der Waals surface area contributed by atoms with Crippen LogP contribution in [0.3, 0.4) is 0 Å². The fourth-order valence-corrected chi connectivity index (χ4v) is 10.6. The molecule has 9 atom stereocenters. The SMILES string of the molecule is CSc1cccc(Sc2ccc([C@@H]3O[C@@H]4C[C@H]5[C@@H]6CC(F)=C7CC(=O)C=C[C@]7(C)[C@@]6(F)[C@@H](O)C[C@]5(C)[C@]4(C(=O)CO)O3)cc2)c1. The van der Waals surface area contributed by atoms with Crippen LogP contribution >= 0.6 is 23.5 Å². The highest BCUT2D eigenvalue weighted by molar-refractivity contribution is 7.99. The first-order valence-electron chi connectivity index (χ1n) is 15.3. The average Bonchev–Trinajstić information content (AvgIpc) is 3.53. The number of alkyl halides is 1. The molecule has 2 saturated carbocycles. The van der Waals surface area contributed by atoms with Crippen molar-refractivity contribution < 1.29 is 38.1 Å². The number of hydrogen-bond acceptors (Lipinski definition) is 8. The summed E-state index contributed by atoms with van der Waals surface area (Å²) in [7, 11) is 0. The van der Waals surface area contributed by atoms with E-state index in [1.54, 1.807) is 37.4 Å². The van der Waals surface area contributed by atoms with Gasteiger partial charge in [0.05, 0.1) is 12.2 Å². The molecule has 2 aromatic rings. The van der Waals surface area contributed by atoms with Crippen molar-refractivity contribution in [3.05, 3.63) is 77.6 Å². The molecule has 1 saturated heterocycles. The van der Waals surface area contributed by atoms with Crippen LogP contribution < -0.4 is 0 Å². The van der Waals surface area contributed by atoms with E-state index in [0.29, 0.717) is 5.56 Å². The van der Waals surface area contributed by atoms with Crippen LogP contribution in [-0.2, 0) is 19.1 Å². The van der Waals surface area contributed by atoms with E-state index in [1.165, 1.54) is 17.0 Å². The van der Waals surface area contributed by atoms with Crippen LogP contribution in [0.25, 0.3) is 0 Å². The third-order valence-corrected chi connectivity index (χ3v) is 13.1. The zero-order chi connectivity index (χ0) is 31.9. The van der Waals surface area contributed by atoms with Crippen molar-refractivity contribution >= 4 is 35.1 Å². The van der Waals surface area contributed by atoms with Crippen LogP contribution in [-0.4, -0.2) is 58.1 Å². The Morgan fingerprint density at radius 3 is 2.53 bits per heavy atom. The maximum Gasteiger partial charge on any atom is 0.193 e. The molecule has 0 unspecified atom stereocenters. The predicted molar refractivity (Wildman–Crippen MR) is 166 cm³/mol. The number of aliphatic hydroxyl groups excluding tert-OH is 2. The molecule has 3 fully saturated rings. The lowest BCUT2D eigenvalue weighted by atomic mass is 9.45. The van der Waals surface area contributed by atoms with E-state index in [2.05, 4.69) is 12.1 Å². The normalized spacial score (nSPS) is 40.2. The van der Waals surface area contributed by atoms with E-state index in [1.807, 2.05) is 42.7 Å². The van der Waals surface area contributed by atoms with Crippen molar-refractivity contribution in [1.29, 1.82) is 0 Å². The molecule has 7 rings (SSSR count). The van der Waals surface area contributed by atoms with Crippen LogP contribution in [0.2, 0.25) is 0 Å². The molecule has 0 aromatic heterocycles. The molecule has 1 aliphatic heterocycles. The number of ether oxygens (including phenoxy) is 2. The van der Waals surface area contributed by atoms with Crippen molar-refractivity contribution in [2.75, 3.05) is 12.9 Å². The summed E-state index contributed by atoms with van der Waals surface area (Å²) in [5.41, 5.74) is -5.84. The number of Topliss-reactive ketones (excluding diaryl/α,β-unsaturated/α-hetero) is 1. The van der Waals surface area contributed by atoms with Gasteiger partial charge in [0.25, 0.3) is 0 Å². The van der Waals surface area contributed by atoms with Crippen LogP contribution in [0.4, 0.5) is 8.78 Å². The number of allylic oxidation sites excluding steroid dienone is 4. The zero-order valence-electron chi connectivity index (χ0n) is 25.3. The lowest BCUT2D eigenvalue weighted by molar-refractivity contribution is -0.229. The van der Waals surface area contributed by atoms with E-state index in [9.17, 15) is 19.8 Å². The van der Waals surface area contributed by atoms with Crippen LogP contribution in [0.1, 0.15) is 51.4 Å². The Bertz CT molecular complexity index is 1630. The second-order valence-corrected chi connectivity index (χ2v) is 15.4. The van der Waals surface area contributed by atoms with Gasteiger partial charge in [0.2, 0.25) is 0 Å². The van der Waals surface area contributed by atoms with E-state index in [0.717, 1.165) is 9.79 Å². The largest absolute Gasteiger partial charge is 0.390 e. The summed E-state index contributed by atoms with van der Waals surface area (Å²) in [5, 5.41) is 21.9. The van der Waals surface area contributed by atoms with Crippen LogP contribution in [0.5, 0.6) is 0 Å². The Labute approximate surface area is 269 Å². The number of halogens is 2. The zero-order valence-corrected chi connectivity index (χ0v) is 26.9. The summed E-state index contributed by atoms with van der Waals surface area (Å²) in [6.07, 6.45) is 0.907. The molecule has 6 nitrogen and oxygen atoms in total. The molecule has 0 amide bonds. The standard InChI is InChI=1S/C35H36F2O6S2/c1-32-12-11-20(39)13-26(32)27(36)15-25-24-16-30-35(29(41)18-38,33(24,2)17-28(40)34(25,32)37)43-31(42-30)19-7-9-21(10-8-19)45-23-6-4-5-22(14-23)44-3/h4-12,14,24-25,28,30-31,38,40H,13,15-18H2,1-3H3/t24-,25-,28-,30+,31+,32-,33-,34-,35+/m0/s1. The first-order valence-corrected chi connectivity index (χ1v) is 17.3. The summed E-state index contributed by atoms with van der Waals surface area (Å²) in [6, 6.07) is 15.9. The summed E-state index contributed by atoms with van der Waals surface area (Å²) in [4.78, 5) is 29.2. The van der Waals surface area contributed by atoms with Gasteiger partial charge in [0, 0.05) is 49.8 Å². The minimum absolute atomic E-state index is 0.0851. The van der Waals surface area contributed by atoms with Gasteiger partial charge in [-0.25, -0.2) is 8.78 Å². The number of carbonyl (C=O) groups is 2. The molecule has 0 radical (unpaired) electrons. The van der Waals surface area contributed by atoms with E-state index >= 15 is 8.78 Å². The van der Waals surface area contributed by atoms with Crippen molar-refractivity contribution in [2.45, 2.75) is 84.0 Å². The smallest absolute Gasteiger partial charge is 0.193 e. The minimum Gasteiger partial charge on any atom is -0.390 e. The highest BCUT2D eigenvalue weighted by atomic mass is 32.2. The quantitative estimate of drug-likeness (QED) is 0.339. The molecule has 2 aromatic carbocycles.